The van der Waals surface area contributed by atoms with Crippen LogP contribution in [-0.2, 0) is 0 Å². The number of nitrogens with one attached hydrogen (secondary N) is 1. The highest BCUT2D eigenvalue weighted by molar-refractivity contribution is 5.33. The highest BCUT2D eigenvalue weighted by atomic mass is 16.5. The van der Waals surface area contributed by atoms with Crippen LogP contribution in [0.4, 0.5) is 0 Å². The molecular formula is C15H25NO2. The van der Waals surface area contributed by atoms with Crippen LogP contribution in [-0.4, -0.2) is 29.9 Å². The van der Waals surface area contributed by atoms with Gasteiger partial charge < -0.3 is 15.2 Å². The van der Waals surface area contributed by atoms with E-state index in [9.17, 15) is 5.11 Å². The molecule has 1 aromatic rings. The zero-order chi connectivity index (χ0) is 13.8. The zero-order valence-electron chi connectivity index (χ0n) is 12.1. The van der Waals surface area contributed by atoms with Crippen molar-refractivity contribution in [2.75, 3.05) is 13.2 Å². The molecule has 18 heavy (non-hydrogen) atoms. The molecule has 0 saturated carbocycles. The van der Waals surface area contributed by atoms with Crippen LogP contribution in [0.15, 0.2) is 18.2 Å². The number of rotatable bonds is 5. The molecule has 1 atom stereocenters. The molecule has 0 radical (unpaired) electrons. The predicted molar refractivity (Wildman–Crippen MR) is 75.2 cm³/mol. The van der Waals surface area contributed by atoms with Gasteiger partial charge in [-0.15, -0.1) is 0 Å². The number of hydrogen-bond acceptors (Lipinski definition) is 3. The van der Waals surface area contributed by atoms with E-state index in [1.54, 1.807) is 0 Å². The molecule has 0 aliphatic heterocycles. The summed E-state index contributed by atoms with van der Waals surface area (Å²) in [5.74, 6) is 0.813. The summed E-state index contributed by atoms with van der Waals surface area (Å²) < 4.78 is 5.58. The Morgan fingerprint density at radius 3 is 2.44 bits per heavy atom. The van der Waals surface area contributed by atoms with Crippen LogP contribution in [0.25, 0.3) is 0 Å². The van der Waals surface area contributed by atoms with Gasteiger partial charge in [0.25, 0.3) is 0 Å². The van der Waals surface area contributed by atoms with Crippen molar-refractivity contribution in [3.63, 3.8) is 0 Å². The first-order chi connectivity index (χ1) is 8.28. The molecule has 3 heteroatoms. The average Bonchev–Trinajstić information content (AvgIpc) is 2.27. The second kappa shape index (κ2) is 6.21. The minimum atomic E-state index is -0.495. The van der Waals surface area contributed by atoms with E-state index < -0.39 is 6.10 Å². The molecule has 102 valence electrons. The van der Waals surface area contributed by atoms with Gasteiger partial charge in [0.2, 0.25) is 0 Å². The molecule has 0 spiro atoms. The molecule has 1 aromatic carbocycles. The number of aryl methyl sites for hydroxylation is 2. The normalized spacial score (nSPS) is 13.4. The summed E-state index contributed by atoms with van der Waals surface area (Å²) in [5.41, 5.74) is 2.47. The van der Waals surface area contributed by atoms with Crippen LogP contribution in [0, 0.1) is 13.8 Å². The smallest absolute Gasteiger partial charge is 0.119 e. The van der Waals surface area contributed by atoms with Gasteiger partial charge in [-0.2, -0.15) is 0 Å². The third-order valence-corrected chi connectivity index (χ3v) is 2.79. The fourth-order valence-electron chi connectivity index (χ4n) is 1.48. The molecule has 0 saturated heterocycles. The topological polar surface area (TPSA) is 41.5 Å². The Hall–Kier alpha value is -1.06. The van der Waals surface area contributed by atoms with Crippen molar-refractivity contribution in [1.82, 2.24) is 5.32 Å². The lowest BCUT2D eigenvalue weighted by Crippen LogP contribution is -2.42. The summed E-state index contributed by atoms with van der Waals surface area (Å²) in [4.78, 5) is 0. The van der Waals surface area contributed by atoms with E-state index in [2.05, 4.69) is 39.9 Å². The molecule has 0 bridgehead atoms. The monoisotopic (exact) mass is 251 g/mol. The number of benzene rings is 1. The summed E-state index contributed by atoms with van der Waals surface area (Å²) >= 11 is 0. The van der Waals surface area contributed by atoms with Crippen molar-refractivity contribution < 1.29 is 9.84 Å². The predicted octanol–water partition coefficient (Wildman–Crippen LogP) is 2.43. The second-order valence-electron chi connectivity index (χ2n) is 5.84. The lowest BCUT2D eigenvalue weighted by atomic mass is 10.1. The van der Waals surface area contributed by atoms with Gasteiger partial charge in [0.05, 0.1) is 0 Å². The summed E-state index contributed by atoms with van der Waals surface area (Å²) in [6.45, 7) is 11.2. The maximum Gasteiger partial charge on any atom is 0.119 e. The zero-order valence-corrected chi connectivity index (χ0v) is 12.1. The van der Waals surface area contributed by atoms with Crippen LogP contribution < -0.4 is 10.1 Å². The molecule has 0 fully saturated rings. The Labute approximate surface area is 110 Å². The standard InChI is InChI=1S/C15H25NO2/c1-11-6-7-14(8-12(11)2)18-10-13(17)9-16-15(3,4)5/h6-8,13,16-17H,9-10H2,1-5H3/t13-/m0/s1. The third kappa shape index (κ3) is 5.52. The van der Waals surface area contributed by atoms with Gasteiger partial charge in [-0.05, 0) is 57.9 Å². The van der Waals surface area contributed by atoms with Crippen LogP contribution in [0.5, 0.6) is 5.75 Å². The quantitative estimate of drug-likeness (QED) is 0.844. The van der Waals surface area contributed by atoms with Crippen molar-refractivity contribution in [1.29, 1.82) is 0 Å². The molecule has 3 nitrogen and oxygen atoms in total. The van der Waals surface area contributed by atoms with Crippen molar-refractivity contribution in [2.24, 2.45) is 0 Å². The maximum absolute atomic E-state index is 9.81. The van der Waals surface area contributed by atoms with E-state index in [1.807, 2.05) is 18.2 Å². The summed E-state index contributed by atoms with van der Waals surface area (Å²) in [5, 5.41) is 13.1. The second-order valence-corrected chi connectivity index (χ2v) is 5.84. The molecule has 0 amide bonds. The molecule has 0 heterocycles. The van der Waals surface area contributed by atoms with E-state index in [-0.39, 0.29) is 5.54 Å². The summed E-state index contributed by atoms with van der Waals surface area (Å²) in [7, 11) is 0. The summed E-state index contributed by atoms with van der Waals surface area (Å²) in [6.07, 6.45) is -0.495. The number of hydrogen-bond donors (Lipinski definition) is 2. The van der Waals surface area contributed by atoms with Gasteiger partial charge in [0, 0.05) is 12.1 Å². The fraction of sp³-hybridized carbons (Fsp3) is 0.600. The SMILES string of the molecule is Cc1ccc(OC[C@@H](O)CNC(C)(C)C)cc1C. The van der Waals surface area contributed by atoms with E-state index >= 15 is 0 Å². The van der Waals surface area contributed by atoms with Gasteiger partial charge in [0.15, 0.2) is 0 Å². The fourth-order valence-corrected chi connectivity index (χ4v) is 1.48. The molecular weight excluding hydrogens is 226 g/mol. The van der Waals surface area contributed by atoms with Gasteiger partial charge in [-0.25, -0.2) is 0 Å². The average molecular weight is 251 g/mol. The first kappa shape index (κ1) is 15.0. The van der Waals surface area contributed by atoms with E-state index in [4.69, 9.17) is 4.74 Å². The van der Waals surface area contributed by atoms with Gasteiger partial charge in [-0.1, -0.05) is 6.07 Å². The van der Waals surface area contributed by atoms with E-state index in [0.29, 0.717) is 13.2 Å². The lowest BCUT2D eigenvalue weighted by Gasteiger charge is -2.23. The molecule has 0 aromatic heterocycles. The molecule has 2 N–H and O–H groups in total. The van der Waals surface area contributed by atoms with Crippen LogP contribution in [0.2, 0.25) is 0 Å². The Kier molecular flexibility index (Phi) is 5.17. The molecule has 0 unspecified atom stereocenters. The van der Waals surface area contributed by atoms with Gasteiger partial charge >= 0.3 is 0 Å². The van der Waals surface area contributed by atoms with Crippen molar-refractivity contribution in [2.45, 2.75) is 46.3 Å². The lowest BCUT2D eigenvalue weighted by molar-refractivity contribution is 0.100. The number of ether oxygens (including phenoxy) is 1. The minimum Gasteiger partial charge on any atom is -0.491 e. The first-order valence-corrected chi connectivity index (χ1v) is 6.41. The van der Waals surface area contributed by atoms with Crippen LogP contribution in [0.1, 0.15) is 31.9 Å². The van der Waals surface area contributed by atoms with Gasteiger partial charge in [-0.3, -0.25) is 0 Å². The number of aliphatic hydroxyl groups is 1. The van der Waals surface area contributed by atoms with Crippen molar-refractivity contribution in [3.8, 4) is 5.75 Å². The maximum atomic E-state index is 9.81. The van der Waals surface area contributed by atoms with Crippen LogP contribution in [0.3, 0.4) is 0 Å². The Balaban J connectivity index is 2.38. The third-order valence-electron chi connectivity index (χ3n) is 2.79. The largest absolute Gasteiger partial charge is 0.491 e. The Morgan fingerprint density at radius 2 is 1.89 bits per heavy atom. The Morgan fingerprint density at radius 1 is 1.22 bits per heavy atom. The molecule has 1 rings (SSSR count). The van der Waals surface area contributed by atoms with Crippen LogP contribution >= 0.6 is 0 Å². The van der Waals surface area contributed by atoms with Gasteiger partial charge in [0.1, 0.15) is 18.5 Å². The molecule has 0 aliphatic carbocycles. The molecule has 0 aliphatic rings. The van der Waals surface area contributed by atoms with Crippen molar-refractivity contribution in [3.05, 3.63) is 29.3 Å². The van der Waals surface area contributed by atoms with E-state index in [0.717, 1.165) is 5.75 Å². The van der Waals surface area contributed by atoms with E-state index in [1.165, 1.54) is 11.1 Å². The number of β-amino-alcohol motifs (C(OH)–C–C–N with tert-alkyl or cyclic N) is 1. The van der Waals surface area contributed by atoms with Crippen molar-refractivity contribution >= 4 is 0 Å². The first-order valence-electron chi connectivity index (χ1n) is 6.41. The minimum absolute atomic E-state index is 0.0153. The summed E-state index contributed by atoms with van der Waals surface area (Å²) in [6, 6.07) is 5.97. The Bertz CT molecular complexity index is 383. The highest BCUT2D eigenvalue weighted by Gasteiger charge is 2.12. The number of aliphatic hydroxyl groups excluding tert-OH is 1. The highest BCUT2D eigenvalue weighted by Crippen LogP contribution is 2.16.